The number of aromatic nitrogens is 2. The lowest BCUT2D eigenvalue weighted by Gasteiger charge is -2.31. The van der Waals surface area contributed by atoms with E-state index in [1.54, 1.807) is 22.9 Å². The molecule has 3 N–H and O–H groups in total. The Hall–Kier alpha value is -3.03. The summed E-state index contributed by atoms with van der Waals surface area (Å²) in [7, 11) is 1.62. The van der Waals surface area contributed by atoms with Crippen LogP contribution >= 0.6 is 0 Å². The van der Waals surface area contributed by atoms with Crippen LogP contribution in [0.5, 0.6) is 5.75 Å². The normalized spacial score (nSPS) is 17.0. The number of hydrogen-bond acceptors (Lipinski definition) is 4. The van der Waals surface area contributed by atoms with E-state index in [9.17, 15) is 9.59 Å². The molecular weight excluding hydrogens is 334 g/mol. The topological polar surface area (TPSA) is 102 Å². The van der Waals surface area contributed by atoms with Gasteiger partial charge in [0.15, 0.2) is 0 Å². The number of urea groups is 1. The number of nitrogens with two attached hydrogens (primary N) is 1. The highest BCUT2D eigenvalue weighted by atomic mass is 16.5. The molecule has 0 radical (unpaired) electrons. The van der Waals surface area contributed by atoms with Crippen LogP contribution in [0.4, 0.5) is 4.79 Å². The van der Waals surface area contributed by atoms with Gasteiger partial charge in [0.05, 0.1) is 24.9 Å². The molecule has 3 amide bonds. The molecule has 8 heteroatoms. The molecule has 0 spiro atoms. The van der Waals surface area contributed by atoms with Gasteiger partial charge in [0, 0.05) is 37.5 Å². The van der Waals surface area contributed by atoms with Crippen LogP contribution in [0.25, 0.3) is 5.69 Å². The molecule has 1 aliphatic heterocycles. The van der Waals surface area contributed by atoms with Gasteiger partial charge in [-0.15, -0.1) is 0 Å². The van der Waals surface area contributed by atoms with Gasteiger partial charge in [0.25, 0.3) is 0 Å². The van der Waals surface area contributed by atoms with Crippen LogP contribution in [-0.2, 0) is 11.3 Å². The van der Waals surface area contributed by atoms with Gasteiger partial charge in [-0.3, -0.25) is 4.79 Å². The molecule has 138 valence electrons. The summed E-state index contributed by atoms with van der Waals surface area (Å²) in [5, 5.41) is 7.19. The Morgan fingerprint density at radius 2 is 2.27 bits per heavy atom. The molecule has 0 saturated carbocycles. The number of amides is 3. The van der Waals surface area contributed by atoms with Crippen LogP contribution in [0, 0.1) is 5.92 Å². The quantitative estimate of drug-likeness (QED) is 0.841. The number of likely N-dealkylation sites (tertiary alicyclic amines) is 1. The van der Waals surface area contributed by atoms with E-state index in [-0.39, 0.29) is 17.9 Å². The molecule has 1 saturated heterocycles. The van der Waals surface area contributed by atoms with Crippen LogP contribution in [0.2, 0.25) is 0 Å². The molecule has 1 aromatic carbocycles. The van der Waals surface area contributed by atoms with E-state index >= 15 is 0 Å². The van der Waals surface area contributed by atoms with Crippen molar-refractivity contribution in [2.24, 2.45) is 11.7 Å². The number of primary amides is 1. The maximum atomic E-state index is 12.3. The summed E-state index contributed by atoms with van der Waals surface area (Å²) in [4.78, 5) is 25.3. The predicted molar refractivity (Wildman–Crippen MR) is 95.8 cm³/mol. The van der Waals surface area contributed by atoms with E-state index in [0.717, 1.165) is 29.8 Å². The van der Waals surface area contributed by atoms with Crippen LogP contribution in [-0.4, -0.2) is 46.8 Å². The predicted octanol–water partition coefficient (Wildman–Crippen LogP) is 1.29. The summed E-state index contributed by atoms with van der Waals surface area (Å²) < 4.78 is 6.95. The van der Waals surface area contributed by atoms with Crippen molar-refractivity contribution in [2.75, 3.05) is 20.2 Å². The summed E-state index contributed by atoms with van der Waals surface area (Å²) in [5.74, 6) is 0.148. The highest BCUT2D eigenvalue weighted by Gasteiger charge is 2.26. The molecule has 0 bridgehead atoms. The molecule has 2 aromatic rings. The first-order chi connectivity index (χ1) is 12.6. The Morgan fingerprint density at radius 1 is 1.42 bits per heavy atom. The standard InChI is InChI=1S/C18H23N5O3/c1-26-16-6-2-5-15(8-16)23-11-13(10-21-23)9-20-18(25)22-7-3-4-14(12-22)17(19)24/h2,5-6,8,10-11,14H,3-4,7,9,12H2,1H3,(H2,19,24)(H,20,25). The number of rotatable bonds is 5. The number of methoxy groups -OCH3 is 1. The summed E-state index contributed by atoms with van der Waals surface area (Å²) in [6.07, 6.45) is 5.10. The zero-order valence-electron chi connectivity index (χ0n) is 14.7. The minimum Gasteiger partial charge on any atom is -0.497 e. The lowest BCUT2D eigenvalue weighted by atomic mass is 9.98. The maximum absolute atomic E-state index is 12.3. The number of piperidine rings is 1. The first kappa shape index (κ1) is 17.8. The van der Waals surface area contributed by atoms with E-state index in [1.165, 1.54) is 0 Å². The number of nitrogens with one attached hydrogen (secondary N) is 1. The van der Waals surface area contributed by atoms with Gasteiger partial charge in [0.2, 0.25) is 5.91 Å². The summed E-state index contributed by atoms with van der Waals surface area (Å²) >= 11 is 0. The zero-order valence-corrected chi connectivity index (χ0v) is 14.7. The summed E-state index contributed by atoms with van der Waals surface area (Å²) in [5.41, 5.74) is 7.11. The van der Waals surface area contributed by atoms with Crippen molar-refractivity contribution in [1.29, 1.82) is 0 Å². The minimum absolute atomic E-state index is 0.190. The molecule has 3 rings (SSSR count). The smallest absolute Gasteiger partial charge is 0.317 e. The highest BCUT2D eigenvalue weighted by molar-refractivity contribution is 5.79. The largest absolute Gasteiger partial charge is 0.497 e. The molecule has 8 nitrogen and oxygen atoms in total. The van der Waals surface area contributed by atoms with Crippen LogP contribution < -0.4 is 15.8 Å². The first-order valence-electron chi connectivity index (χ1n) is 8.57. The van der Waals surface area contributed by atoms with E-state index in [4.69, 9.17) is 10.5 Å². The van der Waals surface area contributed by atoms with Crippen molar-refractivity contribution in [3.8, 4) is 11.4 Å². The lowest BCUT2D eigenvalue weighted by Crippen LogP contribution is -2.47. The molecule has 26 heavy (non-hydrogen) atoms. The number of carbonyl (C=O) groups excluding carboxylic acids is 2. The first-order valence-corrected chi connectivity index (χ1v) is 8.57. The van der Waals surface area contributed by atoms with E-state index in [2.05, 4.69) is 10.4 Å². The Morgan fingerprint density at radius 3 is 3.04 bits per heavy atom. The van der Waals surface area contributed by atoms with Gasteiger partial charge in [-0.2, -0.15) is 5.10 Å². The Labute approximate surface area is 151 Å². The third-order valence-electron chi connectivity index (χ3n) is 4.51. The number of nitrogens with zero attached hydrogens (tertiary/aromatic N) is 3. The second-order valence-electron chi connectivity index (χ2n) is 6.34. The van der Waals surface area contributed by atoms with Crippen molar-refractivity contribution in [3.63, 3.8) is 0 Å². The molecule has 1 fully saturated rings. The van der Waals surface area contributed by atoms with Crippen molar-refractivity contribution in [1.82, 2.24) is 20.0 Å². The fraction of sp³-hybridized carbons (Fsp3) is 0.389. The van der Waals surface area contributed by atoms with Gasteiger partial charge in [-0.1, -0.05) is 6.07 Å². The van der Waals surface area contributed by atoms with Crippen LogP contribution in [0.1, 0.15) is 18.4 Å². The van der Waals surface area contributed by atoms with Gasteiger partial charge in [-0.05, 0) is 25.0 Å². The molecule has 1 atom stereocenters. The number of hydrogen-bond donors (Lipinski definition) is 2. The second-order valence-corrected chi connectivity index (χ2v) is 6.34. The SMILES string of the molecule is COc1cccc(-n2cc(CNC(=O)N3CCCC(C(N)=O)C3)cn2)c1. The summed E-state index contributed by atoms with van der Waals surface area (Å²) in [6.45, 7) is 1.38. The molecule has 0 aliphatic carbocycles. The second kappa shape index (κ2) is 7.90. The fourth-order valence-electron chi connectivity index (χ4n) is 3.03. The molecule has 2 heterocycles. The van der Waals surface area contributed by atoms with Crippen molar-refractivity contribution in [2.45, 2.75) is 19.4 Å². The van der Waals surface area contributed by atoms with Crippen molar-refractivity contribution in [3.05, 3.63) is 42.2 Å². The Balaban J connectivity index is 1.57. The van der Waals surface area contributed by atoms with E-state index in [0.29, 0.717) is 19.6 Å². The zero-order chi connectivity index (χ0) is 18.5. The molecule has 1 aromatic heterocycles. The van der Waals surface area contributed by atoms with Gasteiger partial charge in [0.1, 0.15) is 5.75 Å². The minimum atomic E-state index is -0.345. The number of benzene rings is 1. The fourth-order valence-corrected chi connectivity index (χ4v) is 3.03. The van der Waals surface area contributed by atoms with Gasteiger partial charge < -0.3 is 20.7 Å². The Kier molecular flexibility index (Phi) is 5.40. The van der Waals surface area contributed by atoms with Gasteiger partial charge >= 0.3 is 6.03 Å². The average Bonchev–Trinajstić information content (AvgIpc) is 3.15. The number of carbonyl (C=O) groups is 2. The van der Waals surface area contributed by atoms with E-state index in [1.807, 2.05) is 30.5 Å². The van der Waals surface area contributed by atoms with Crippen molar-refractivity contribution >= 4 is 11.9 Å². The average molecular weight is 357 g/mol. The third-order valence-corrected chi connectivity index (χ3v) is 4.51. The van der Waals surface area contributed by atoms with Crippen LogP contribution in [0.3, 0.4) is 0 Å². The third kappa shape index (κ3) is 4.14. The maximum Gasteiger partial charge on any atom is 0.317 e. The van der Waals surface area contributed by atoms with Gasteiger partial charge in [-0.25, -0.2) is 9.48 Å². The molecule has 1 unspecified atom stereocenters. The Bertz CT molecular complexity index is 789. The molecule has 1 aliphatic rings. The van der Waals surface area contributed by atoms with E-state index < -0.39 is 0 Å². The monoisotopic (exact) mass is 357 g/mol. The lowest BCUT2D eigenvalue weighted by molar-refractivity contribution is -0.123. The van der Waals surface area contributed by atoms with Crippen LogP contribution in [0.15, 0.2) is 36.7 Å². The molecular formula is C18H23N5O3. The number of ether oxygens (including phenoxy) is 1. The van der Waals surface area contributed by atoms with Crippen molar-refractivity contribution < 1.29 is 14.3 Å². The summed E-state index contributed by atoms with van der Waals surface area (Å²) in [6, 6.07) is 7.38. The highest BCUT2D eigenvalue weighted by Crippen LogP contribution is 2.17.